The predicted octanol–water partition coefficient (Wildman–Crippen LogP) is 5.24. The molecule has 7 nitrogen and oxygen atoms in total. The van der Waals surface area contributed by atoms with Gasteiger partial charge in [0.1, 0.15) is 4.32 Å². The molecule has 35 heavy (non-hydrogen) atoms. The predicted molar refractivity (Wildman–Crippen MR) is 141 cm³/mol. The molecule has 1 aromatic heterocycles. The van der Waals surface area contributed by atoms with E-state index in [9.17, 15) is 9.59 Å². The summed E-state index contributed by atoms with van der Waals surface area (Å²) in [5, 5.41) is 10.7. The first-order valence-electron chi connectivity index (χ1n) is 11.6. The van der Waals surface area contributed by atoms with E-state index in [1.165, 1.54) is 35.7 Å². The van der Waals surface area contributed by atoms with Gasteiger partial charge in [-0.2, -0.15) is 0 Å². The molecule has 1 saturated heterocycles. The monoisotopic (exact) mass is 504 g/mol. The van der Waals surface area contributed by atoms with Crippen LogP contribution in [0.1, 0.15) is 42.4 Å². The fourth-order valence-electron chi connectivity index (χ4n) is 4.33. The van der Waals surface area contributed by atoms with Crippen LogP contribution in [0.5, 0.6) is 0 Å². The van der Waals surface area contributed by atoms with Crippen LogP contribution in [0.4, 0.5) is 5.82 Å². The maximum Gasteiger partial charge on any atom is 0.266 e. The maximum atomic E-state index is 12.8. The number of carbonyl (C=O) groups is 2. The van der Waals surface area contributed by atoms with Gasteiger partial charge in [-0.05, 0) is 71.3 Å². The van der Waals surface area contributed by atoms with Gasteiger partial charge >= 0.3 is 0 Å². The molecule has 2 amide bonds. The van der Waals surface area contributed by atoms with Gasteiger partial charge in [0.25, 0.3) is 5.91 Å². The van der Waals surface area contributed by atoms with E-state index in [0.29, 0.717) is 33.7 Å². The lowest BCUT2D eigenvalue weighted by Gasteiger charge is -2.16. The average molecular weight is 505 g/mol. The Morgan fingerprint density at radius 2 is 1.91 bits per heavy atom. The Labute approximate surface area is 212 Å². The molecule has 1 fully saturated rings. The first kappa shape index (κ1) is 23.4. The van der Waals surface area contributed by atoms with Crippen molar-refractivity contribution in [3.63, 3.8) is 0 Å². The summed E-state index contributed by atoms with van der Waals surface area (Å²) < 4.78 is 5.43. The number of fused-ring (bicyclic) bond motifs is 1. The molecule has 1 aliphatic heterocycles. The first-order chi connectivity index (χ1) is 17.1. The van der Waals surface area contributed by atoms with Gasteiger partial charge in [0.05, 0.1) is 4.91 Å². The van der Waals surface area contributed by atoms with Gasteiger partial charge in [0.2, 0.25) is 11.7 Å². The van der Waals surface area contributed by atoms with Crippen molar-refractivity contribution in [1.82, 2.24) is 15.2 Å². The van der Waals surface area contributed by atoms with E-state index >= 15 is 0 Å². The Morgan fingerprint density at radius 3 is 2.74 bits per heavy atom. The number of carbonyl (C=O) groups excluding carboxylic acids is 2. The van der Waals surface area contributed by atoms with E-state index in [1.54, 1.807) is 4.90 Å². The molecule has 3 aromatic rings. The number of thioether (sulfide) groups is 1. The second-order valence-corrected chi connectivity index (χ2v) is 10.2. The van der Waals surface area contributed by atoms with E-state index in [2.05, 4.69) is 27.8 Å². The van der Waals surface area contributed by atoms with Crippen LogP contribution in [0, 0.1) is 0 Å². The Balaban J connectivity index is 1.17. The molecule has 178 valence electrons. The lowest BCUT2D eigenvalue weighted by molar-refractivity contribution is -0.122. The summed E-state index contributed by atoms with van der Waals surface area (Å²) >= 11 is 6.68. The van der Waals surface area contributed by atoms with Crippen molar-refractivity contribution >= 4 is 52.0 Å². The number of benzene rings is 2. The number of aromatic nitrogens is 2. The summed E-state index contributed by atoms with van der Waals surface area (Å²) in [7, 11) is 0. The number of rotatable bonds is 7. The van der Waals surface area contributed by atoms with Crippen LogP contribution in [0.2, 0.25) is 0 Å². The zero-order chi connectivity index (χ0) is 24.2. The lowest BCUT2D eigenvalue weighted by Crippen LogP contribution is -2.29. The Hall–Kier alpha value is -3.30. The highest BCUT2D eigenvalue weighted by atomic mass is 32.2. The highest BCUT2D eigenvalue weighted by Crippen LogP contribution is 2.33. The summed E-state index contributed by atoms with van der Waals surface area (Å²) in [6, 6.07) is 15.9. The van der Waals surface area contributed by atoms with Crippen molar-refractivity contribution in [3.8, 4) is 11.3 Å². The molecule has 2 heterocycles. The molecule has 2 aliphatic rings. The minimum Gasteiger partial charge on any atom is -0.306 e. The standard InChI is InChI=1S/C26H24N4O3S2/c31-22(11-6-14-30-25(32)21(35-26(30)34)15-17-7-2-1-3-8-17)27-24-23(28-33-29-24)20-13-12-18-9-4-5-10-19(18)16-20/h1-3,7-8,12-13,15-16H,4-6,9-11,14H2,(H,27,29,31)/b21-15-. The second kappa shape index (κ2) is 10.5. The second-order valence-electron chi connectivity index (χ2n) is 8.55. The molecule has 0 spiro atoms. The van der Waals surface area contributed by atoms with Crippen molar-refractivity contribution in [2.24, 2.45) is 0 Å². The van der Waals surface area contributed by atoms with Crippen molar-refractivity contribution < 1.29 is 14.2 Å². The zero-order valence-corrected chi connectivity index (χ0v) is 20.7. The van der Waals surface area contributed by atoms with Gasteiger partial charge in [-0.1, -0.05) is 66.4 Å². The number of aryl methyl sites for hydroxylation is 2. The third-order valence-corrected chi connectivity index (χ3v) is 7.50. The molecule has 0 atom stereocenters. The van der Waals surface area contributed by atoms with Gasteiger partial charge in [0.15, 0.2) is 5.69 Å². The molecule has 0 radical (unpaired) electrons. The van der Waals surface area contributed by atoms with Crippen LogP contribution in [0.3, 0.4) is 0 Å². The SMILES string of the molecule is O=C(CCCN1C(=O)/C(=C/c2ccccc2)SC1=S)Nc1nonc1-c1ccc2c(c1)CCCC2. The van der Waals surface area contributed by atoms with E-state index in [0.717, 1.165) is 24.0 Å². The largest absolute Gasteiger partial charge is 0.306 e. The zero-order valence-electron chi connectivity index (χ0n) is 19.0. The van der Waals surface area contributed by atoms with Gasteiger partial charge in [-0.25, -0.2) is 4.63 Å². The summed E-state index contributed by atoms with van der Waals surface area (Å²) in [5.41, 5.74) is 5.04. The van der Waals surface area contributed by atoms with E-state index < -0.39 is 0 Å². The summed E-state index contributed by atoms with van der Waals surface area (Å²) in [4.78, 5) is 27.5. The van der Waals surface area contributed by atoms with Gasteiger partial charge in [-0.3, -0.25) is 14.5 Å². The van der Waals surface area contributed by atoms with Gasteiger partial charge in [0, 0.05) is 18.5 Å². The minimum absolute atomic E-state index is 0.125. The van der Waals surface area contributed by atoms with Crippen LogP contribution in [0.15, 0.2) is 58.1 Å². The first-order valence-corrected chi connectivity index (χ1v) is 12.9. The van der Waals surface area contributed by atoms with E-state index in [-0.39, 0.29) is 18.2 Å². The summed E-state index contributed by atoms with van der Waals surface area (Å²) in [6.07, 6.45) is 7.07. The van der Waals surface area contributed by atoms with Crippen molar-refractivity contribution in [2.75, 3.05) is 11.9 Å². The molecule has 2 aromatic carbocycles. The molecular weight excluding hydrogens is 480 g/mol. The molecule has 0 saturated carbocycles. The third-order valence-electron chi connectivity index (χ3n) is 6.12. The molecule has 5 rings (SSSR count). The van der Waals surface area contributed by atoms with Crippen molar-refractivity contribution in [1.29, 1.82) is 0 Å². The highest BCUT2D eigenvalue weighted by Gasteiger charge is 2.31. The van der Waals surface area contributed by atoms with Crippen LogP contribution in [-0.2, 0) is 22.4 Å². The molecular formula is C26H24N4O3S2. The normalized spacial score (nSPS) is 16.6. The van der Waals surface area contributed by atoms with E-state index in [4.69, 9.17) is 16.8 Å². The fraction of sp³-hybridized carbons (Fsp3) is 0.269. The number of anilines is 1. The molecule has 1 aliphatic carbocycles. The van der Waals surface area contributed by atoms with Gasteiger partial charge < -0.3 is 5.32 Å². The summed E-state index contributed by atoms with van der Waals surface area (Å²) in [5.74, 6) is -0.0352. The van der Waals surface area contributed by atoms with Crippen LogP contribution in [0.25, 0.3) is 17.3 Å². The lowest BCUT2D eigenvalue weighted by atomic mass is 9.90. The number of hydrogen-bond acceptors (Lipinski definition) is 7. The Morgan fingerprint density at radius 1 is 1.11 bits per heavy atom. The van der Waals surface area contributed by atoms with E-state index in [1.807, 2.05) is 42.5 Å². The smallest absolute Gasteiger partial charge is 0.266 e. The maximum absolute atomic E-state index is 12.8. The van der Waals surface area contributed by atoms with Crippen LogP contribution < -0.4 is 5.32 Å². The molecule has 0 bridgehead atoms. The molecule has 1 N–H and O–H groups in total. The van der Waals surface area contributed by atoms with Gasteiger partial charge in [-0.15, -0.1) is 0 Å². The number of nitrogens with zero attached hydrogens (tertiary/aromatic N) is 3. The fourth-order valence-corrected chi connectivity index (χ4v) is 5.63. The number of hydrogen-bond donors (Lipinski definition) is 1. The number of nitrogens with one attached hydrogen (secondary N) is 1. The third kappa shape index (κ3) is 5.36. The Kier molecular flexibility index (Phi) is 7.06. The molecule has 9 heteroatoms. The average Bonchev–Trinajstić information content (AvgIpc) is 3.44. The van der Waals surface area contributed by atoms with Crippen LogP contribution >= 0.6 is 24.0 Å². The number of thiocarbonyl (C=S) groups is 1. The highest BCUT2D eigenvalue weighted by molar-refractivity contribution is 8.26. The van der Waals surface area contributed by atoms with Crippen molar-refractivity contribution in [3.05, 3.63) is 70.1 Å². The summed E-state index contributed by atoms with van der Waals surface area (Å²) in [6.45, 7) is 0.374. The van der Waals surface area contributed by atoms with Crippen LogP contribution in [-0.4, -0.2) is 37.9 Å². The molecule has 0 unspecified atom stereocenters. The number of amides is 2. The Bertz CT molecular complexity index is 1300. The van der Waals surface area contributed by atoms with Crippen molar-refractivity contribution in [2.45, 2.75) is 38.5 Å². The quantitative estimate of drug-likeness (QED) is 0.348. The minimum atomic E-state index is -0.217. The topological polar surface area (TPSA) is 88.3 Å².